The first kappa shape index (κ1) is 9.53. The summed E-state index contributed by atoms with van der Waals surface area (Å²) in [6.45, 7) is 0.520. The fourth-order valence-corrected chi connectivity index (χ4v) is 1.89. The number of fused-ring (bicyclic) bond motifs is 1. The Morgan fingerprint density at radius 2 is 2.38 bits per heavy atom. The van der Waals surface area contributed by atoms with Gasteiger partial charge in [0, 0.05) is 18.9 Å². The molecule has 1 aliphatic carbocycles. The van der Waals surface area contributed by atoms with E-state index in [9.17, 15) is 5.11 Å². The minimum absolute atomic E-state index is 0.520. The predicted molar refractivity (Wildman–Crippen MR) is 58.1 cm³/mol. The lowest BCUT2D eigenvalue weighted by Crippen LogP contribution is -2.43. The third-order valence-electron chi connectivity index (χ3n) is 3.08. The number of nitrogens with zero attached hydrogens (tertiary/aromatic N) is 4. The van der Waals surface area contributed by atoms with E-state index in [1.54, 1.807) is 23.1 Å². The van der Waals surface area contributed by atoms with Gasteiger partial charge in [0.1, 0.15) is 6.33 Å². The van der Waals surface area contributed by atoms with Crippen molar-refractivity contribution in [3.63, 3.8) is 0 Å². The molecule has 1 aliphatic rings. The van der Waals surface area contributed by atoms with Crippen molar-refractivity contribution in [1.82, 2.24) is 19.6 Å². The summed E-state index contributed by atoms with van der Waals surface area (Å²) >= 11 is 0. The molecule has 0 aromatic carbocycles. The van der Waals surface area contributed by atoms with Crippen LogP contribution < -0.4 is 5.32 Å². The van der Waals surface area contributed by atoms with Crippen LogP contribution in [-0.2, 0) is 0 Å². The second-order valence-corrected chi connectivity index (χ2v) is 4.27. The van der Waals surface area contributed by atoms with E-state index in [-0.39, 0.29) is 0 Å². The van der Waals surface area contributed by atoms with Crippen LogP contribution in [0.5, 0.6) is 0 Å². The smallest absolute Gasteiger partial charge is 0.203 e. The summed E-state index contributed by atoms with van der Waals surface area (Å²) in [6, 6.07) is 0. The molecule has 1 fully saturated rings. The number of nitrogens with one attached hydrogen (secondary N) is 1. The number of anilines is 1. The Balaban J connectivity index is 1.81. The van der Waals surface area contributed by atoms with Crippen LogP contribution in [0, 0.1) is 0 Å². The van der Waals surface area contributed by atoms with Crippen molar-refractivity contribution >= 4 is 11.5 Å². The topological polar surface area (TPSA) is 75.3 Å². The van der Waals surface area contributed by atoms with Gasteiger partial charge in [-0.3, -0.25) is 4.40 Å². The largest absolute Gasteiger partial charge is 0.388 e. The molecule has 1 saturated carbocycles. The predicted octanol–water partition coefficient (Wildman–Crippen LogP) is 0.451. The lowest BCUT2D eigenvalue weighted by atomic mass is 9.80. The zero-order valence-corrected chi connectivity index (χ0v) is 8.80. The van der Waals surface area contributed by atoms with Crippen molar-refractivity contribution in [2.75, 3.05) is 11.9 Å². The van der Waals surface area contributed by atoms with Gasteiger partial charge in [0.15, 0.2) is 5.82 Å². The van der Waals surface area contributed by atoms with Crippen LogP contribution in [0.1, 0.15) is 19.3 Å². The molecule has 2 aromatic rings. The van der Waals surface area contributed by atoms with E-state index in [2.05, 4.69) is 20.5 Å². The van der Waals surface area contributed by atoms with E-state index in [4.69, 9.17) is 0 Å². The third kappa shape index (κ3) is 1.51. The maximum absolute atomic E-state index is 9.96. The molecular weight excluding hydrogens is 206 g/mol. The molecule has 2 aromatic heterocycles. The van der Waals surface area contributed by atoms with Gasteiger partial charge in [-0.1, -0.05) is 0 Å². The first-order valence-corrected chi connectivity index (χ1v) is 5.37. The van der Waals surface area contributed by atoms with Crippen molar-refractivity contribution in [3.05, 3.63) is 18.7 Å². The SMILES string of the molecule is OC1(CNc2nccn3cnnc23)CCC1. The van der Waals surface area contributed by atoms with E-state index in [1.807, 2.05) is 0 Å². The van der Waals surface area contributed by atoms with Gasteiger partial charge in [0.05, 0.1) is 5.60 Å². The average Bonchev–Trinajstić information content (AvgIpc) is 2.72. The van der Waals surface area contributed by atoms with Gasteiger partial charge in [0.25, 0.3) is 0 Å². The van der Waals surface area contributed by atoms with Crippen LogP contribution in [0.25, 0.3) is 5.65 Å². The van der Waals surface area contributed by atoms with E-state index in [1.165, 1.54) is 0 Å². The summed E-state index contributed by atoms with van der Waals surface area (Å²) in [5, 5.41) is 20.9. The average molecular weight is 219 g/mol. The molecule has 3 rings (SSSR count). The van der Waals surface area contributed by atoms with Crippen LogP contribution in [0.4, 0.5) is 5.82 Å². The van der Waals surface area contributed by atoms with Crippen LogP contribution in [-0.4, -0.2) is 36.8 Å². The van der Waals surface area contributed by atoms with Gasteiger partial charge in [-0.05, 0) is 19.3 Å². The molecule has 6 heteroatoms. The highest BCUT2D eigenvalue weighted by Crippen LogP contribution is 2.31. The molecule has 0 aliphatic heterocycles. The Labute approximate surface area is 92.3 Å². The highest BCUT2D eigenvalue weighted by Gasteiger charge is 2.34. The van der Waals surface area contributed by atoms with Crippen molar-refractivity contribution in [2.24, 2.45) is 0 Å². The Hall–Kier alpha value is -1.69. The Morgan fingerprint density at radius 1 is 1.50 bits per heavy atom. The van der Waals surface area contributed by atoms with Crippen LogP contribution >= 0.6 is 0 Å². The molecule has 0 saturated heterocycles. The number of aliphatic hydroxyl groups is 1. The van der Waals surface area contributed by atoms with E-state index in [0.717, 1.165) is 19.3 Å². The zero-order chi connectivity index (χ0) is 11.0. The molecule has 2 N–H and O–H groups in total. The van der Waals surface area contributed by atoms with Crippen molar-refractivity contribution < 1.29 is 5.11 Å². The highest BCUT2D eigenvalue weighted by molar-refractivity contribution is 5.61. The van der Waals surface area contributed by atoms with Crippen LogP contribution in [0.15, 0.2) is 18.7 Å². The fraction of sp³-hybridized carbons (Fsp3) is 0.500. The number of hydrogen-bond acceptors (Lipinski definition) is 5. The van der Waals surface area contributed by atoms with Gasteiger partial charge >= 0.3 is 0 Å². The molecule has 0 amide bonds. The van der Waals surface area contributed by atoms with Crippen molar-refractivity contribution in [1.29, 1.82) is 0 Å². The lowest BCUT2D eigenvalue weighted by Gasteiger charge is -2.36. The normalized spacial score (nSPS) is 18.3. The lowest BCUT2D eigenvalue weighted by molar-refractivity contribution is -0.0202. The number of aromatic nitrogens is 4. The molecule has 0 spiro atoms. The molecule has 6 nitrogen and oxygen atoms in total. The standard InChI is InChI=1S/C10H13N5O/c16-10(2-1-3-10)6-12-8-9-14-13-7-15(9)5-4-11-8/h4-5,7,16H,1-3,6H2,(H,11,12). The van der Waals surface area contributed by atoms with Gasteiger partial charge in [-0.2, -0.15) is 0 Å². The summed E-state index contributed by atoms with van der Waals surface area (Å²) in [5.74, 6) is 0.667. The fourth-order valence-electron chi connectivity index (χ4n) is 1.89. The molecule has 16 heavy (non-hydrogen) atoms. The number of rotatable bonds is 3. The second-order valence-electron chi connectivity index (χ2n) is 4.27. The summed E-state index contributed by atoms with van der Waals surface area (Å²) in [4.78, 5) is 4.20. The molecule has 0 atom stereocenters. The van der Waals surface area contributed by atoms with E-state index < -0.39 is 5.60 Å². The summed E-state index contributed by atoms with van der Waals surface area (Å²) in [5.41, 5.74) is 0.125. The minimum Gasteiger partial charge on any atom is -0.388 e. The zero-order valence-electron chi connectivity index (χ0n) is 8.80. The van der Waals surface area contributed by atoms with Gasteiger partial charge in [-0.25, -0.2) is 4.98 Å². The quantitative estimate of drug-likeness (QED) is 0.784. The monoisotopic (exact) mass is 219 g/mol. The summed E-state index contributed by atoms with van der Waals surface area (Å²) in [7, 11) is 0. The van der Waals surface area contributed by atoms with Crippen molar-refractivity contribution in [3.8, 4) is 0 Å². The Bertz CT molecular complexity index is 505. The molecule has 2 heterocycles. The van der Waals surface area contributed by atoms with Gasteiger partial charge in [0.2, 0.25) is 5.65 Å². The Morgan fingerprint density at radius 3 is 3.12 bits per heavy atom. The highest BCUT2D eigenvalue weighted by atomic mass is 16.3. The summed E-state index contributed by atoms with van der Waals surface area (Å²) in [6.07, 6.45) is 7.91. The van der Waals surface area contributed by atoms with Gasteiger partial charge < -0.3 is 10.4 Å². The molecule has 0 bridgehead atoms. The Kier molecular flexibility index (Phi) is 2.03. The second kappa shape index (κ2) is 3.41. The van der Waals surface area contributed by atoms with Crippen molar-refractivity contribution in [2.45, 2.75) is 24.9 Å². The van der Waals surface area contributed by atoms with E-state index >= 15 is 0 Å². The molecule has 84 valence electrons. The number of hydrogen-bond donors (Lipinski definition) is 2. The maximum atomic E-state index is 9.96. The van der Waals surface area contributed by atoms with Crippen LogP contribution in [0.2, 0.25) is 0 Å². The van der Waals surface area contributed by atoms with Crippen LogP contribution in [0.3, 0.4) is 0 Å². The minimum atomic E-state index is -0.561. The molecular formula is C10H13N5O. The summed E-state index contributed by atoms with van der Waals surface area (Å²) < 4.78 is 1.79. The molecule has 0 unspecified atom stereocenters. The maximum Gasteiger partial charge on any atom is 0.203 e. The third-order valence-corrected chi connectivity index (χ3v) is 3.08. The first-order valence-electron chi connectivity index (χ1n) is 5.37. The van der Waals surface area contributed by atoms with E-state index in [0.29, 0.717) is 18.0 Å². The van der Waals surface area contributed by atoms with Gasteiger partial charge in [-0.15, -0.1) is 10.2 Å². The molecule has 0 radical (unpaired) electrons. The first-order chi connectivity index (χ1) is 7.77.